The molecule has 0 bridgehead atoms. The van der Waals surface area contributed by atoms with Gasteiger partial charge in [0, 0.05) is 17.2 Å². The molecule has 0 saturated carbocycles. The predicted octanol–water partition coefficient (Wildman–Crippen LogP) is 2.16. The maximum Gasteiger partial charge on any atom is 0.414 e. The van der Waals surface area contributed by atoms with Gasteiger partial charge in [-0.25, -0.2) is 4.79 Å². The fourth-order valence-electron chi connectivity index (χ4n) is 3.03. The van der Waals surface area contributed by atoms with Crippen LogP contribution in [0, 0.1) is 0 Å². The number of hydrogen-bond acceptors (Lipinski definition) is 6. The Bertz CT molecular complexity index is 709. The number of ether oxygens (including phenoxy) is 1. The lowest BCUT2D eigenvalue weighted by Gasteiger charge is -2.18. The van der Waals surface area contributed by atoms with Crippen molar-refractivity contribution in [3.05, 3.63) is 30.2 Å². The van der Waals surface area contributed by atoms with Crippen molar-refractivity contribution in [2.75, 3.05) is 31.1 Å². The molecule has 2 aliphatic rings. The van der Waals surface area contributed by atoms with E-state index in [0.717, 1.165) is 37.2 Å². The number of nitrogens with one attached hydrogen (secondary N) is 1. The van der Waals surface area contributed by atoms with Gasteiger partial charge in [0.25, 0.3) is 0 Å². The van der Waals surface area contributed by atoms with Crippen LogP contribution in [0.25, 0.3) is 11.4 Å². The van der Waals surface area contributed by atoms with E-state index in [1.54, 1.807) is 4.90 Å². The maximum atomic E-state index is 11.7. The van der Waals surface area contributed by atoms with Gasteiger partial charge in [0.1, 0.15) is 6.61 Å². The number of hydrogen-bond donors (Lipinski definition) is 1. The van der Waals surface area contributed by atoms with Crippen LogP contribution >= 0.6 is 0 Å². The zero-order valence-electron chi connectivity index (χ0n) is 12.7. The summed E-state index contributed by atoms with van der Waals surface area (Å²) in [6.07, 6.45) is 1.72. The highest BCUT2D eigenvalue weighted by molar-refractivity contribution is 5.90. The summed E-state index contributed by atoms with van der Waals surface area (Å²) in [7, 11) is 0. The minimum Gasteiger partial charge on any atom is -0.447 e. The summed E-state index contributed by atoms with van der Waals surface area (Å²) in [5.41, 5.74) is 1.63. The van der Waals surface area contributed by atoms with E-state index in [0.29, 0.717) is 30.8 Å². The summed E-state index contributed by atoms with van der Waals surface area (Å²) in [5, 5.41) is 7.43. The molecule has 7 heteroatoms. The second-order valence-corrected chi connectivity index (χ2v) is 5.80. The third-order valence-electron chi connectivity index (χ3n) is 4.31. The Kier molecular flexibility index (Phi) is 3.70. The van der Waals surface area contributed by atoms with Crippen LogP contribution in [-0.2, 0) is 4.74 Å². The van der Waals surface area contributed by atoms with E-state index in [4.69, 9.17) is 9.26 Å². The zero-order valence-corrected chi connectivity index (χ0v) is 12.7. The second kappa shape index (κ2) is 6.00. The Balaban J connectivity index is 1.58. The SMILES string of the molecule is O=C1OCCN1c1cccc(-c2noc(C3CCNCC3)n2)c1. The third-order valence-corrected chi connectivity index (χ3v) is 4.31. The van der Waals surface area contributed by atoms with Crippen molar-refractivity contribution in [1.29, 1.82) is 0 Å². The van der Waals surface area contributed by atoms with Gasteiger partial charge in [0.2, 0.25) is 11.7 Å². The molecule has 23 heavy (non-hydrogen) atoms. The van der Waals surface area contributed by atoms with Gasteiger partial charge in [0.05, 0.1) is 6.54 Å². The zero-order chi connectivity index (χ0) is 15.6. The molecule has 1 amide bonds. The third kappa shape index (κ3) is 2.79. The average Bonchev–Trinajstić information content (AvgIpc) is 3.25. The van der Waals surface area contributed by atoms with Crippen LogP contribution in [0.15, 0.2) is 28.8 Å². The highest BCUT2D eigenvalue weighted by Crippen LogP contribution is 2.28. The van der Waals surface area contributed by atoms with Crippen LogP contribution in [-0.4, -0.2) is 42.5 Å². The Labute approximate surface area is 133 Å². The molecular weight excluding hydrogens is 296 g/mol. The van der Waals surface area contributed by atoms with Crippen molar-refractivity contribution in [3.63, 3.8) is 0 Å². The van der Waals surface area contributed by atoms with Crippen LogP contribution < -0.4 is 10.2 Å². The molecule has 1 N–H and O–H groups in total. The number of amides is 1. The Morgan fingerprint density at radius 1 is 1.26 bits per heavy atom. The largest absolute Gasteiger partial charge is 0.447 e. The number of benzene rings is 1. The summed E-state index contributed by atoms with van der Waals surface area (Å²) in [6, 6.07) is 7.58. The number of anilines is 1. The summed E-state index contributed by atoms with van der Waals surface area (Å²) < 4.78 is 10.4. The van der Waals surface area contributed by atoms with Gasteiger partial charge in [-0.05, 0) is 38.1 Å². The van der Waals surface area contributed by atoms with Crippen LogP contribution in [0.3, 0.4) is 0 Å². The van der Waals surface area contributed by atoms with Crippen molar-refractivity contribution in [3.8, 4) is 11.4 Å². The smallest absolute Gasteiger partial charge is 0.414 e. The van der Waals surface area contributed by atoms with Gasteiger partial charge < -0.3 is 14.6 Å². The molecule has 0 spiro atoms. The normalized spacial score (nSPS) is 19.1. The monoisotopic (exact) mass is 314 g/mol. The quantitative estimate of drug-likeness (QED) is 0.935. The van der Waals surface area contributed by atoms with Gasteiger partial charge in [-0.1, -0.05) is 17.3 Å². The standard InChI is InChI=1S/C16H18N4O3/c21-16-20(8-9-22-16)13-3-1-2-12(10-13)14-18-15(23-19-14)11-4-6-17-7-5-11/h1-3,10-11,17H,4-9H2. The number of carbonyl (C=O) groups is 1. The fourth-order valence-corrected chi connectivity index (χ4v) is 3.03. The first kappa shape index (κ1) is 14.2. The number of carbonyl (C=O) groups excluding carboxylic acids is 1. The van der Waals surface area contributed by atoms with Crippen molar-refractivity contribution in [2.24, 2.45) is 0 Å². The minimum absolute atomic E-state index is 0.314. The van der Waals surface area contributed by atoms with Crippen molar-refractivity contribution in [2.45, 2.75) is 18.8 Å². The van der Waals surface area contributed by atoms with Gasteiger partial charge >= 0.3 is 6.09 Å². The van der Waals surface area contributed by atoms with E-state index in [-0.39, 0.29) is 6.09 Å². The summed E-state index contributed by atoms with van der Waals surface area (Å²) in [4.78, 5) is 17.8. The van der Waals surface area contributed by atoms with E-state index >= 15 is 0 Å². The molecule has 2 fully saturated rings. The van der Waals surface area contributed by atoms with Crippen molar-refractivity contribution < 1.29 is 14.1 Å². The number of nitrogens with zero attached hydrogens (tertiary/aromatic N) is 3. The Morgan fingerprint density at radius 3 is 2.91 bits per heavy atom. The molecule has 7 nitrogen and oxygen atoms in total. The van der Waals surface area contributed by atoms with Gasteiger partial charge in [-0.15, -0.1) is 0 Å². The molecule has 3 heterocycles. The molecule has 0 radical (unpaired) electrons. The van der Waals surface area contributed by atoms with Gasteiger partial charge in [-0.2, -0.15) is 4.98 Å². The fraction of sp³-hybridized carbons (Fsp3) is 0.438. The molecular formula is C16H18N4O3. The Morgan fingerprint density at radius 2 is 2.13 bits per heavy atom. The molecule has 4 rings (SSSR count). The van der Waals surface area contributed by atoms with E-state index in [2.05, 4.69) is 15.5 Å². The van der Waals surface area contributed by atoms with Crippen LogP contribution in [0.1, 0.15) is 24.7 Å². The molecule has 1 aromatic heterocycles. The van der Waals surface area contributed by atoms with Crippen LogP contribution in [0.5, 0.6) is 0 Å². The molecule has 2 saturated heterocycles. The van der Waals surface area contributed by atoms with E-state index in [1.807, 2.05) is 24.3 Å². The Hall–Kier alpha value is -2.41. The lowest BCUT2D eigenvalue weighted by atomic mass is 9.98. The van der Waals surface area contributed by atoms with Gasteiger partial charge in [0.15, 0.2) is 0 Å². The molecule has 120 valence electrons. The van der Waals surface area contributed by atoms with Crippen molar-refractivity contribution in [1.82, 2.24) is 15.5 Å². The summed E-state index contributed by atoms with van der Waals surface area (Å²) in [5.74, 6) is 1.59. The topological polar surface area (TPSA) is 80.5 Å². The highest BCUT2D eigenvalue weighted by atomic mass is 16.6. The highest BCUT2D eigenvalue weighted by Gasteiger charge is 2.25. The van der Waals surface area contributed by atoms with E-state index in [1.165, 1.54) is 0 Å². The molecule has 2 aliphatic heterocycles. The number of aromatic nitrogens is 2. The molecule has 0 atom stereocenters. The number of rotatable bonds is 3. The summed E-state index contributed by atoms with van der Waals surface area (Å²) >= 11 is 0. The predicted molar refractivity (Wildman–Crippen MR) is 83.3 cm³/mol. The molecule has 0 aliphatic carbocycles. The first-order valence-electron chi connectivity index (χ1n) is 7.90. The minimum atomic E-state index is -0.314. The van der Waals surface area contributed by atoms with Crippen molar-refractivity contribution >= 4 is 11.8 Å². The first-order chi connectivity index (χ1) is 11.3. The lowest BCUT2D eigenvalue weighted by molar-refractivity contribution is 0.181. The van der Waals surface area contributed by atoms with E-state index in [9.17, 15) is 4.79 Å². The molecule has 1 aromatic carbocycles. The number of piperidine rings is 1. The number of cyclic esters (lactones) is 1. The molecule has 0 unspecified atom stereocenters. The van der Waals surface area contributed by atoms with Crippen LogP contribution in [0.2, 0.25) is 0 Å². The lowest BCUT2D eigenvalue weighted by Crippen LogP contribution is -2.26. The maximum absolute atomic E-state index is 11.7. The van der Waals surface area contributed by atoms with E-state index < -0.39 is 0 Å². The molecule has 2 aromatic rings. The van der Waals surface area contributed by atoms with Crippen LogP contribution in [0.4, 0.5) is 10.5 Å². The second-order valence-electron chi connectivity index (χ2n) is 5.80. The first-order valence-corrected chi connectivity index (χ1v) is 7.90. The van der Waals surface area contributed by atoms with Gasteiger partial charge in [-0.3, -0.25) is 4.90 Å². The summed E-state index contributed by atoms with van der Waals surface area (Å²) in [6.45, 7) is 2.95. The average molecular weight is 314 g/mol.